The highest BCUT2D eigenvalue weighted by Crippen LogP contribution is 2.29. The molecule has 0 atom stereocenters. The normalized spacial score (nSPS) is 10.2. The maximum atomic E-state index is 11.5. The van der Waals surface area contributed by atoms with E-state index in [2.05, 4.69) is 5.43 Å². The Bertz CT molecular complexity index is 684. The van der Waals surface area contributed by atoms with E-state index in [0.717, 1.165) is 5.56 Å². The van der Waals surface area contributed by atoms with Gasteiger partial charge in [-0.3, -0.25) is 20.3 Å². The first-order valence-corrected chi connectivity index (χ1v) is 6.86. The van der Waals surface area contributed by atoms with E-state index in [4.69, 9.17) is 10.6 Å². The lowest BCUT2D eigenvalue weighted by atomic mass is 10.2. The molecule has 2 aromatic rings. The van der Waals surface area contributed by atoms with Gasteiger partial charge >= 0.3 is 5.69 Å². The highest BCUT2D eigenvalue weighted by atomic mass is 32.1. The SMILES string of the molecule is Cc1ccc([N+](=O)[O-])c(OCc2ccsc2C(=O)NN)c1. The Labute approximate surface area is 124 Å². The summed E-state index contributed by atoms with van der Waals surface area (Å²) >= 11 is 1.23. The van der Waals surface area contributed by atoms with Crippen LogP contribution in [-0.2, 0) is 6.61 Å². The Morgan fingerprint density at radius 3 is 2.90 bits per heavy atom. The number of hydrogen-bond acceptors (Lipinski definition) is 6. The fourth-order valence-electron chi connectivity index (χ4n) is 1.76. The van der Waals surface area contributed by atoms with Crippen molar-refractivity contribution in [3.05, 3.63) is 55.8 Å². The van der Waals surface area contributed by atoms with Gasteiger partial charge in [0.1, 0.15) is 6.61 Å². The predicted molar refractivity (Wildman–Crippen MR) is 78.1 cm³/mol. The number of nitrogens with two attached hydrogens (primary N) is 1. The number of carbonyl (C=O) groups excluding carboxylic acids is 1. The minimum atomic E-state index is -0.504. The molecule has 1 heterocycles. The van der Waals surface area contributed by atoms with E-state index in [1.165, 1.54) is 17.4 Å². The summed E-state index contributed by atoms with van der Waals surface area (Å²) in [5.74, 6) is 4.86. The molecule has 3 N–H and O–H groups in total. The number of hydrazine groups is 1. The van der Waals surface area contributed by atoms with Gasteiger partial charge in [0, 0.05) is 11.6 Å². The zero-order valence-electron chi connectivity index (χ0n) is 11.2. The summed E-state index contributed by atoms with van der Waals surface area (Å²) in [7, 11) is 0. The number of nitro groups is 1. The molecule has 0 fully saturated rings. The van der Waals surface area contributed by atoms with Crippen molar-refractivity contribution < 1.29 is 14.5 Å². The highest BCUT2D eigenvalue weighted by molar-refractivity contribution is 7.12. The van der Waals surface area contributed by atoms with E-state index in [-0.39, 0.29) is 18.0 Å². The number of ether oxygens (including phenoxy) is 1. The number of nitrogen functional groups attached to an aromatic ring is 1. The Kier molecular flexibility index (Phi) is 4.51. The summed E-state index contributed by atoms with van der Waals surface area (Å²) < 4.78 is 5.50. The van der Waals surface area contributed by atoms with E-state index in [1.54, 1.807) is 23.6 Å². The number of nitro benzene ring substituents is 1. The number of nitrogens with one attached hydrogen (secondary N) is 1. The number of rotatable bonds is 5. The molecule has 1 amide bonds. The molecule has 0 aliphatic heterocycles. The van der Waals surface area contributed by atoms with Gasteiger partial charge in [0.25, 0.3) is 5.91 Å². The fraction of sp³-hybridized carbons (Fsp3) is 0.154. The van der Waals surface area contributed by atoms with Crippen LogP contribution >= 0.6 is 11.3 Å². The van der Waals surface area contributed by atoms with E-state index in [9.17, 15) is 14.9 Å². The van der Waals surface area contributed by atoms with Crippen LogP contribution in [0.3, 0.4) is 0 Å². The van der Waals surface area contributed by atoms with Crippen LogP contribution in [0.2, 0.25) is 0 Å². The largest absolute Gasteiger partial charge is 0.482 e. The minimum Gasteiger partial charge on any atom is -0.482 e. The Balaban J connectivity index is 2.21. The van der Waals surface area contributed by atoms with E-state index in [1.807, 2.05) is 6.92 Å². The molecule has 110 valence electrons. The molecule has 0 bridgehead atoms. The van der Waals surface area contributed by atoms with Crippen molar-refractivity contribution >= 4 is 22.9 Å². The first kappa shape index (κ1) is 14.9. The molecule has 0 saturated heterocycles. The molecule has 0 radical (unpaired) electrons. The van der Waals surface area contributed by atoms with Crippen LogP contribution in [0.25, 0.3) is 0 Å². The topological polar surface area (TPSA) is 107 Å². The maximum absolute atomic E-state index is 11.5. The first-order valence-electron chi connectivity index (χ1n) is 5.98. The smallest absolute Gasteiger partial charge is 0.310 e. The summed E-state index contributed by atoms with van der Waals surface area (Å²) in [6.45, 7) is 1.87. The lowest BCUT2D eigenvalue weighted by Gasteiger charge is -2.08. The standard InChI is InChI=1S/C13H13N3O4S/c1-8-2-3-10(16(18)19)11(6-8)20-7-9-4-5-21-12(9)13(17)15-14/h2-6H,7,14H2,1H3,(H,15,17). The number of nitrogens with zero attached hydrogens (tertiary/aromatic N) is 1. The van der Waals surface area contributed by atoms with E-state index < -0.39 is 10.8 Å². The van der Waals surface area contributed by atoms with E-state index >= 15 is 0 Å². The third-order valence-corrected chi connectivity index (χ3v) is 3.73. The van der Waals surface area contributed by atoms with Gasteiger partial charge in [-0.25, -0.2) is 5.84 Å². The van der Waals surface area contributed by atoms with Gasteiger partial charge < -0.3 is 4.74 Å². The van der Waals surface area contributed by atoms with Gasteiger partial charge in [-0.05, 0) is 30.0 Å². The second-order valence-corrected chi connectivity index (χ2v) is 5.18. The highest BCUT2D eigenvalue weighted by Gasteiger charge is 2.17. The molecule has 0 spiro atoms. The quantitative estimate of drug-likeness (QED) is 0.381. The van der Waals surface area contributed by atoms with Crippen molar-refractivity contribution in [3.63, 3.8) is 0 Å². The molecule has 0 unspecified atom stereocenters. The van der Waals surface area contributed by atoms with Gasteiger partial charge in [-0.15, -0.1) is 11.3 Å². The van der Waals surface area contributed by atoms with Crippen molar-refractivity contribution in [2.75, 3.05) is 0 Å². The summed E-state index contributed by atoms with van der Waals surface area (Å²) in [5.41, 5.74) is 3.41. The Hall–Kier alpha value is -2.45. The monoisotopic (exact) mass is 307 g/mol. The number of thiophene rings is 1. The number of benzene rings is 1. The third kappa shape index (κ3) is 3.36. The van der Waals surface area contributed by atoms with Crippen molar-refractivity contribution in [1.82, 2.24) is 5.43 Å². The second-order valence-electron chi connectivity index (χ2n) is 4.27. The van der Waals surface area contributed by atoms with Crippen LogP contribution in [0, 0.1) is 17.0 Å². The number of carbonyl (C=O) groups is 1. The van der Waals surface area contributed by atoms with Gasteiger partial charge in [0.15, 0.2) is 5.75 Å². The van der Waals surface area contributed by atoms with Crippen LogP contribution < -0.4 is 16.0 Å². The Morgan fingerprint density at radius 2 is 2.24 bits per heavy atom. The molecule has 1 aromatic carbocycles. The number of amides is 1. The molecule has 0 aliphatic rings. The van der Waals surface area contributed by atoms with Crippen molar-refractivity contribution in [1.29, 1.82) is 0 Å². The molecule has 0 aliphatic carbocycles. The van der Waals surface area contributed by atoms with Crippen LogP contribution in [0.4, 0.5) is 5.69 Å². The summed E-state index contributed by atoms with van der Waals surface area (Å²) in [6, 6.07) is 6.35. The van der Waals surface area contributed by atoms with Crippen LogP contribution in [-0.4, -0.2) is 10.8 Å². The molecule has 8 heteroatoms. The van der Waals surface area contributed by atoms with E-state index in [0.29, 0.717) is 10.4 Å². The zero-order valence-corrected chi connectivity index (χ0v) is 12.0. The van der Waals surface area contributed by atoms with Crippen LogP contribution in [0.15, 0.2) is 29.6 Å². The molecule has 21 heavy (non-hydrogen) atoms. The van der Waals surface area contributed by atoms with Gasteiger partial charge in [0.05, 0.1) is 9.80 Å². The molecule has 7 nitrogen and oxygen atoms in total. The lowest BCUT2D eigenvalue weighted by Crippen LogP contribution is -2.30. The van der Waals surface area contributed by atoms with Gasteiger partial charge in [-0.1, -0.05) is 6.07 Å². The molecular formula is C13H13N3O4S. The van der Waals surface area contributed by atoms with Crippen molar-refractivity contribution in [3.8, 4) is 5.75 Å². The molecule has 2 rings (SSSR count). The van der Waals surface area contributed by atoms with Crippen LogP contribution in [0.5, 0.6) is 5.75 Å². The number of aryl methyl sites for hydroxylation is 1. The lowest BCUT2D eigenvalue weighted by molar-refractivity contribution is -0.386. The second kappa shape index (κ2) is 6.33. The molecule has 0 saturated carbocycles. The maximum Gasteiger partial charge on any atom is 0.310 e. The van der Waals surface area contributed by atoms with Crippen molar-refractivity contribution in [2.45, 2.75) is 13.5 Å². The van der Waals surface area contributed by atoms with Gasteiger partial charge in [-0.2, -0.15) is 0 Å². The number of hydrogen-bond donors (Lipinski definition) is 2. The predicted octanol–water partition coefficient (Wildman–Crippen LogP) is 2.15. The summed E-state index contributed by atoms with van der Waals surface area (Å²) in [6.07, 6.45) is 0. The summed E-state index contributed by atoms with van der Waals surface area (Å²) in [5, 5.41) is 12.7. The summed E-state index contributed by atoms with van der Waals surface area (Å²) in [4.78, 5) is 22.4. The molecule has 1 aromatic heterocycles. The average Bonchev–Trinajstić information content (AvgIpc) is 2.92. The van der Waals surface area contributed by atoms with Gasteiger partial charge in [0.2, 0.25) is 0 Å². The Morgan fingerprint density at radius 1 is 1.48 bits per heavy atom. The zero-order chi connectivity index (χ0) is 15.4. The van der Waals surface area contributed by atoms with Crippen molar-refractivity contribution in [2.24, 2.45) is 5.84 Å². The fourth-order valence-corrected chi connectivity index (χ4v) is 2.57. The third-order valence-electron chi connectivity index (χ3n) is 2.78. The minimum absolute atomic E-state index is 0.0521. The first-order chi connectivity index (χ1) is 10.0. The average molecular weight is 307 g/mol. The van der Waals surface area contributed by atoms with Crippen LogP contribution in [0.1, 0.15) is 20.8 Å². The molecular weight excluding hydrogens is 294 g/mol.